The number of rotatable bonds is 9. The van der Waals surface area contributed by atoms with Crippen molar-refractivity contribution in [1.82, 2.24) is 14.9 Å². The molecule has 1 aromatic rings. The van der Waals surface area contributed by atoms with Gasteiger partial charge in [0.2, 0.25) is 15.9 Å². The molecule has 0 saturated heterocycles. The molecule has 0 saturated carbocycles. The average Bonchev–Trinajstić information content (AvgIpc) is 2.44. The highest BCUT2D eigenvalue weighted by Crippen LogP contribution is 2.12. The Balaban J connectivity index is 2.70. The average molecular weight is 353 g/mol. The van der Waals surface area contributed by atoms with Crippen LogP contribution in [0.3, 0.4) is 0 Å². The second-order valence-corrected chi connectivity index (χ2v) is 7.94. The Kier molecular flexibility index (Phi) is 8.10. The molecule has 0 aliphatic carbocycles. The maximum atomic E-state index is 12.1. The number of sulfonamides is 1. The molecule has 0 aliphatic rings. The van der Waals surface area contributed by atoms with E-state index in [1.807, 2.05) is 31.1 Å². The van der Waals surface area contributed by atoms with Crippen LogP contribution in [0.25, 0.3) is 0 Å². The minimum atomic E-state index is -3.40. The van der Waals surface area contributed by atoms with Gasteiger partial charge in [-0.1, -0.05) is 30.3 Å². The quantitative estimate of drug-likeness (QED) is 0.655. The molecule has 0 aromatic heterocycles. The zero-order valence-electron chi connectivity index (χ0n) is 14.7. The van der Waals surface area contributed by atoms with Gasteiger partial charge >= 0.3 is 0 Å². The van der Waals surface area contributed by atoms with Crippen molar-refractivity contribution in [3.63, 3.8) is 0 Å². The van der Waals surface area contributed by atoms with Crippen molar-refractivity contribution in [3.05, 3.63) is 47.5 Å². The van der Waals surface area contributed by atoms with Crippen LogP contribution in [0.5, 0.6) is 0 Å². The lowest BCUT2D eigenvalue weighted by Crippen LogP contribution is -2.31. The van der Waals surface area contributed by atoms with E-state index in [4.69, 9.17) is 0 Å². The Morgan fingerprint density at radius 2 is 1.83 bits per heavy atom. The molecule has 1 amide bonds. The van der Waals surface area contributed by atoms with Crippen molar-refractivity contribution in [3.8, 4) is 0 Å². The molecule has 134 valence electrons. The molecule has 0 atom stereocenters. The van der Waals surface area contributed by atoms with Gasteiger partial charge in [0.05, 0.1) is 5.75 Å². The number of benzene rings is 1. The molecule has 0 heterocycles. The summed E-state index contributed by atoms with van der Waals surface area (Å²) in [5.41, 5.74) is 1.48. The molecule has 0 aliphatic heterocycles. The minimum absolute atomic E-state index is 0.103. The summed E-state index contributed by atoms with van der Waals surface area (Å²) in [7, 11) is 0.441. The third-order valence-electron chi connectivity index (χ3n) is 3.07. The SMILES string of the molecule is CC(C)NS(=O)(=O)Cc1ccccc1CNC(=O)/C=C/CN(C)C. The van der Waals surface area contributed by atoms with Gasteiger partial charge in [0.1, 0.15) is 0 Å². The first-order valence-electron chi connectivity index (χ1n) is 7.85. The number of carbonyl (C=O) groups is 1. The summed E-state index contributed by atoms with van der Waals surface area (Å²) >= 11 is 0. The molecular weight excluding hydrogens is 326 g/mol. The number of carbonyl (C=O) groups excluding carboxylic acids is 1. The summed E-state index contributed by atoms with van der Waals surface area (Å²) in [5, 5.41) is 2.78. The van der Waals surface area contributed by atoms with Gasteiger partial charge in [0, 0.05) is 25.2 Å². The molecule has 0 spiro atoms. The monoisotopic (exact) mass is 353 g/mol. The van der Waals surface area contributed by atoms with E-state index >= 15 is 0 Å². The largest absolute Gasteiger partial charge is 0.348 e. The molecule has 2 N–H and O–H groups in total. The first-order chi connectivity index (χ1) is 11.2. The predicted octanol–water partition coefficient (Wildman–Crippen LogP) is 1.25. The van der Waals surface area contributed by atoms with Crippen molar-refractivity contribution in [1.29, 1.82) is 0 Å². The van der Waals surface area contributed by atoms with Crippen LogP contribution in [0.4, 0.5) is 0 Å². The molecule has 1 aromatic carbocycles. The fourth-order valence-electron chi connectivity index (χ4n) is 2.09. The van der Waals surface area contributed by atoms with E-state index in [1.54, 1.807) is 32.1 Å². The molecule has 0 bridgehead atoms. The van der Waals surface area contributed by atoms with E-state index < -0.39 is 10.0 Å². The second kappa shape index (κ2) is 9.56. The maximum Gasteiger partial charge on any atom is 0.243 e. The van der Waals surface area contributed by atoms with Crippen LogP contribution in [0.2, 0.25) is 0 Å². The maximum absolute atomic E-state index is 12.1. The number of nitrogens with one attached hydrogen (secondary N) is 2. The number of likely N-dealkylation sites (N-methyl/N-ethyl adjacent to an activating group) is 1. The van der Waals surface area contributed by atoms with Crippen LogP contribution >= 0.6 is 0 Å². The predicted molar refractivity (Wildman–Crippen MR) is 96.9 cm³/mol. The van der Waals surface area contributed by atoms with E-state index in [1.165, 1.54) is 6.08 Å². The fourth-order valence-corrected chi connectivity index (χ4v) is 3.58. The zero-order chi connectivity index (χ0) is 18.2. The van der Waals surface area contributed by atoms with Crippen molar-refractivity contribution in [2.45, 2.75) is 32.2 Å². The van der Waals surface area contributed by atoms with E-state index in [9.17, 15) is 13.2 Å². The lowest BCUT2D eigenvalue weighted by atomic mass is 10.1. The topological polar surface area (TPSA) is 78.5 Å². The molecule has 1 rings (SSSR count). The normalized spacial score (nSPS) is 12.2. The van der Waals surface area contributed by atoms with Crippen LogP contribution in [-0.4, -0.2) is 45.9 Å². The van der Waals surface area contributed by atoms with Crippen LogP contribution < -0.4 is 10.0 Å². The number of hydrogen-bond donors (Lipinski definition) is 2. The van der Waals surface area contributed by atoms with Crippen LogP contribution in [0.1, 0.15) is 25.0 Å². The Bertz CT molecular complexity index is 667. The Morgan fingerprint density at radius 3 is 2.42 bits per heavy atom. The molecule has 24 heavy (non-hydrogen) atoms. The Labute approximate surface area is 145 Å². The van der Waals surface area contributed by atoms with Gasteiger partial charge in [0.25, 0.3) is 0 Å². The van der Waals surface area contributed by atoms with Gasteiger partial charge in [0.15, 0.2) is 0 Å². The van der Waals surface area contributed by atoms with E-state index in [0.717, 1.165) is 5.56 Å². The summed E-state index contributed by atoms with van der Waals surface area (Å²) in [6.45, 7) is 4.54. The lowest BCUT2D eigenvalue weighted by molar-refractivity contribution is -0.116. The smallest absolute Gasteiger partial charge is 0.243 e. The van der Waals surface area contributed by atoms with Crippen LogP contribution in [-0.2, 0) is 27.1 Å². The van der Waals surface area contributed by atoms with E-state index in [2.05, 4.69) is 10.0 Å². The van der Waals surface area contributed by atoms with Crippen molar-refractivity contribution in [2.24, 2.45) is 0 Å². The van der Waals surface area contributed by atoms with Gasteiger partial charge in [-0.25, -0.2) is 13.1 Å². The standard InChI is InChI=1S/C17H27N3O3S/c1-14(2)19-24(22,23)13-16-9-6-5-8-15(16)12-18-17(21)10-7-11-20(3)4/h5-10,14,19H,11-13H2,1-4H3,(H,18,21)/b10-7+. The first-order valence-corrected chi connectivity index (χ1v) is 9.50. The Morgan fingerprint density at radius 1 is 1.21 bits per heavy atom. The highest BCUT2D eigenvalue weighted by Gasteiger charge is 2.15. The van der Waals surface area contributed by atoms with Gasteiger partial charge in [-0.3, -0.25) is 4.79 Å². The highest BCUT2D eigenvalue weighted by molar-refractivity contribution is 7.88. The van der Waals surface area contributed by atoms with Crippen molar-refractivity contribution in [2.75, 3.05) is 20.6 Å². The van der Waals surface area contributed by atoms with Gasteiger partial charge in [-0.2, -0.15) is 0 Å². The summed E-state index contributed by atoms with van der Waals surface area (Å²) in [5.74, 6) is -0.303. The zero-order valence-corrected chi connectivity index (χ0v) is 15.6. The van der Waals surface area contributed by atoms with E-state index in [0.29, 0.717) is 18.7 Å². The molecule has 0 fully saturated rings. The van der Waals surface area contributed by atoms with E-state index in [-0.39, 0.29) is 17.7 Å². The summed E-state index contributed by atoms with van der Waals surface area (Å²) in [6, 6.07) is 7.06. The molecule has 0 radical (unpaired) electrons. The Hall–Kier alpha value is -1.70. The summed E-state index contributed by atoms with van der Waals surface area (Å²) in [6.07, 6.45) is 3.26. The third-order valence-corrected chi connectivity index (χ3v) is 4.59. The fraction of sp³-hybridized carbons (Fsp3) is 0.471. The van der Waals surface area contributed by atoms with Crippen LogP contribution in [0.15, 0.2) is 36.4 Å². The number of nitrogens with zero attached hydrogens (tertiary/aromatic N) is 1. The van der Waals surface area contributed by atoms with Crippen molar-refractivity contribution >= 4 is 15.9 Å². The third kappa shape index (κ3) is 8.24. The lowest BCUT2D eigenvalue weighted by Gasteiger charge is -2.13. The molecule has 7 heteroatoms. The molecular formula is C17H27N3O3S. The molecule has 0 unspecified atom stereocenters. The summed E-state index contributed by atoms with van der Waals surface area (Å²) < 4.78 is 26.8. The van der Waals surface area contributed by atoms with Gasteiger partial charge in [-0.15, -0.1) is 0 Å². The van der Waals surface area contributed by atoms with Gasteiger partial charge < -0.3 is 10.2 Å². The number of hydrogen-bond acceptors (Lipinski definition) is 4. The van der Waals surface area contributed by atoms with Crippen molar-refractivity contribution < 1.29 is 13.2 Å². The molecule has 6 nitrogen and oxygen atoms in total. The minimum Gasteiger partial charge on any atom is -0.348 e. The highest BCUT2D eigenvalue weighted by atomic mass is 32.2. The number of amides is 1. The van der Waals surface area contributed by atoms with Crippen LogP contribution in [0, 0.1) is 0 Å². The summed E-state index contributed by atoms with van der Waals surface area (Å²) in [4.78, 5) is 13.7. The van der Waals surface area contributed by atoms with Gasteiger partial charge in [-0.05, 0) is 39.1 Å². The first kappa shape index (κ1) is 20.3. The second-order valence-electron chi connectivity index (χ2n) is 6.18.